The lowest BCUT2D eigenvalue weighted by Crippen LogP contribution is -2.22. The molecular weight excluding hydrogens is 394 g/mol. The Morgan fingerprint density at radius 1 is 1.03 bits per heavy atom. The van der Waals surface area contributed by atoms with Gasteiger partial charge in [-0.15, -0.1) is 0 Å². The van der Waals surface area contributed by atoms with E-state index >= 15 is 0 Å². The minimum atomic E-state index is -0.581. The van der Waals surface area contributed by atoms with E-state index in [1.807, 2.05) is 32.0 Å². The molecule has 3 aromatic rings. The monoisotopic (exact) mass is 419 g/mol. The highest BCUT2D eigenvalue weighted by Crippen LogP contribution is 2.23. The van der Waals surface area contributed by atoms with Gasteiger partial charge in [-0.2, -0.15) is 0 Å². The summed E-state index contributed by atoms with van der Waals surface area (Å²) in [6.45, 7) is 3.57. The number of para-hydroxylation sites is 1. The number of aromatic nitrogens is 1. The Balaban J connectivity index is 1.67. The Morgan fingerprint density at radius 3 is 2.35 bits per heavy atom. The smallest absolute Gasteiger partial charge is 0.339 e. The van der Waals surface area contributed by atoms with Gasteiger partial charge in [0.25, 0.3) is 11.8 Å². The van der Waals surface area contributed by atoms with Gasteiger partial charge in [0.05, 0.1) is 11.1 Å². The fourth-order valence-corrected chi connectivity index (χ4v) is 3.02. The van der Waals surface area contributed by atoms with Gasteiger partial charge in [0.2, 0.25) is 0 Å². The number of hydrogen-bond acceptors (Lipinski definition) is 5. The number of rotatable bonds is 6. The van der Waals surface area contributed by atoms with Crippen molar-refractivity contribution in [1.82, 2.24) is 9.88 Å². The molecule has 3 rings (SSSR count). The first-order valence-electron chi connectivity index (χ1n) is 9.94. The van der Waals surface area contributed by atoms with Gasteiger partial charge >= 0.3 is 5.97 Å². The van der Waals surface area contributed by atoms with Gasteiger partial charge in [0.1, 0.15) is 0 Å². The molecule has 0 aliphatic carbocycles. The topological polar surface area (TPSA) is 88.6 Å². The molecule has 1 aromatic heterocycles. The maximum atomic E-state index is 12.7. The molecule has 0 spiro atoms. The van der Waals surface area contributed by atoms with E-state index in [2.05, 4.69) is 10.3 Å². The van der Waals surface area contributed by atoms with Crippen molar-refractivity contribution in [2.24, 2.45) is 0 Å². The van der Waals surface area contributed by atoms with Crippen LogP contribution in [0.3, 0.4) is 0 Å². The van der Waals surface area contributed by atoms with Gasteiger partial charge in [-0.25, -0.2) is 4.79 Å². The Kier molecular flexibility index (Phi) is 6.65. The van der Waals surface area contributed by atoms with Gasteiger partial charge in [-0.1, -0.05) is 32.0 Å². The lowest BCUT2D eigenvalue weighted by molar-refractivity contribution is -0.119. The molecule has 0 unspecified atom stereocenters. The summed E-state index contributed by atoms with van der Waals surface area (Å²) in [6.07, 6.45) is 0. The van der Waals surface area contributed by atoms with Crippen LogP contribution < -0.4 is 5.32 Å². The molecule has 7 nitrogen and oxygen atoms in total. The lowest BCUT2D eigenvalue weighted by Gasteiger charge is -2.12. The molecule has 1 heterocycles. The number of esters is 1. The molecule has 7 heteroatoms. The molecule has 2 amide bonds. The Hall–Kier alpha value is -3.74. The first-order valence-corrected chi connectivity index (χ1v) is 9.94. The number of amides is 2. The van der Waals surface area contributed by atoms with Gasteiger partial charge < -0.3 is 15.0 Å². The number of pyridine rings is 1. The number of hydrogen-bond donors (Lipinski definition) is 1. The highest BCUT2D eigenvalue weighted by molar-refractivity contribution is 6.04. The maximum absolute atomic E-state index is 12.7. The van der Waals surface area contributed by atoms with E-state index in [1.165, 1.54) is 4.90 Å². The number of carbonyl (C=O) groups is 3. The zero-order valence-corrected chi connectivity index (χ0v) is 18.0. The van der Waals surface area contributed by atoms with E-state index in [-0.39, 0.29) is 11.8 Å². The van der Waals surface area contributed by atoms with E-state index in [0.717, 1.165) is 5.69 Å². The van der Waals surface area contributed by atoms with Crippen LogP contribution in [0.25, 0.3) is 10.9 Å². The maximum Gasteiger partial charge on any atom is 0.339 e. The lowest BCUT2D eigenvalue weighted by atomic mass is 10.0. The number of carbonyl (C=O) groups excluding carboxylic acids is 3. The van der Waals surface area contributed by atoms with E-state index in [9.17, 15) is 14.4 Å². The van der Waals surface area contributed by atoms with Crippen molar-refractivity contribution < 1.29 is 19.1 Å². The Bertz CT molecular complexity index is 1120. The van der Waals surface area contributed by atoms with Crippen molar-refractivity contribution >= 4 is 34.4 Å². The molecule has 0 saturated heterocycles. The van der Waals surface area contributed by atoms with E-state index in [0.29, 0.717) is 27.7 Å². The van der Waals surface area contributed by atoms with E-state index in [4.69, 9.17) is 4.74 Å². The number of benzene rings is 2. The third-order valence-electron chi connectivity index (χ3n) is 4.70. The second-order valence-corrected chi connectivity index (χ2v) is 7.67. The van der Waals surface area contributed by atoms with Gasteiger partial charge in [0.15, 0.2) is 6.61 Å². The molecule has 1 N–H and O–H groups in total. The third kappa shape index (κ3) is 5.25. The summed E-state index contributed by atoms with van der Waals surface area (Å²) in [6, 6.07) is 15.6. The van der Waals surface area contributed by atoms with Crippen LogP contribution in [0.1, 0.15) is 46.2 Å². The zero-order valence-electron chi connectivity index (χ0n) is 18.0. The molecule has 160 valence electrons. The highest BCUT2D eigenvalue weighted by atomic mass is 16.5. The summed E-state index contributed by atoms with van der Waals surface area (Å²) in [4.78, 5) is 42.9. The molecule has 31 heavy (non-hydrogen) atoms. The van der Waals surface area contributed by atoms with Crippen LogP contribution in [-0.2, 0) is 9.53 Å². The molecule has 0 aliphatic rings. The fraction of sp³-hybridized carbons (Fsp3) is 0.250. The molecule has 0 fully saturated rings. The summed E-state index contributed by atoms with van der Waals surface area (Å²) >= 11 is 0. The van der Waals surface area contributed by atoms with Crippen molar-refractivity contribution in [3.05, 3.63) is 71.4 Å². The SMILES string of the molecule is CC(C)c1cc(C(=O)OCC(=O)Nc2ccc(C(=O)N(C)C)cc2)c2ccccc2n1. The van der Waals surface area contributed by atoms with Crippen molar-refractivity contribution in [2.45, 2.75) is 19.8 Å². The largest absolute Gasteiger partial charge is 0.452 e. The van der Waals surface area contributed by atoms with Crippen LogP contribution in [0.4, 0.5) is 5.69 Å². The second-order valence-electron chi connectivity index (χ2n) is 7.67. The van der Waals surface area contributed by atoms with Crippen LogP contribution in [0.2, 0.25) is 0 Å². The predicted octanol–water partition coefficient (Wildman–Crippen LogP) is 3.86. The summed E-state index contributed by atoms with van der Waals surface area (Å²) in [5.74, 6) is -1.04. The number of anilines is 1. The standard InChI is InChI=1S/C24H25N3O4/c1-15(2)21-13-19(18-7-5-6-8-20(18)26-21)24(30)31-14-22(28)25-17-11-9-16(10-12-17)23(29)27(3)4/h5-13,15H,14H2,1-4H3,(H,25,28). The highest BCUT2D eigenvalue weighted by Gasteiger charge is 2.17. The van der Waals surface area contributed by atoms with Gasteiger partial charge in [-0.3, -0.25) is 14.6 Å². The molecule has 0 aliphatic heterocycles. The average Bonchev–Trinajstić information content (AvgIpc) is 2.76. The summed E-state index contributed by atoms with van der Waals surface area (Å²) < 4.78 is 5.26. The minimum Gasteiger partial charge on any atom is -0.452 e. The molecule has 0 bridgehead atoms. The van der Waals surface area contributed by atoms with Crippen LogP contribution >= 0.6 is 0 Å². The normalized spacial score (nSPS) is 10.7. The Morgan fingerprint density at radius 2 is 1.71 bits per heavy atom. The molecular formula is C24H25N3O4. The first-order chi connectivity index (χ1) is 14.8. The number of nitrogens with one attached hydrogen (secondary N) is 1. The molecule has 2 aromatic carbocycles. The Labute approximate surface area is 181 Å². The molecule has 0 atom stereocenters. The molecule has 0 radical (unpaired) electrons. The average molecular weight is 419 g/mol. The third-order valence-corrected chi connectivity index (χ3v) is 4.70. The first kappa shape index (κ1) is 22.0. The fourth-order valence-electron chi connectivity index (χ4n) is 3.02. The zero-order chi connectivity index (χ0) is 22.5. The van der Waals surface area contributed by atoms with E-state index in [1.54, 1.807) is 50.5 Å². The second kappa shape index (κ2) is 9.38. The summed E-state index contributed by atoms with van der Waals surface area (Å²) in [5, 5.41) is 3.34. The van der Waals surface area contributed by atoms with Crippen molar-refractivity contribution in [3.63, 3.8) is 0 Å². The number of ether oxygens (including phenoxy) is 1. The summed E-state index contributed by atoms with van der Waals surface area (Å²) in [5.41, 5.74) is 2.89. The van der Waals surface area contributed by atoms with Crippen molar-refractivity contribution in [2.75, 3.05) is 26.0 Å². The summed E-state index contributed by atoms with van der Waals surface area (Å²) in [7, 11) is 3.34. The van der Waals surface area contributed by atoms with Crippen LogP contribution in [0, 0.1) is 0 Å². The van der Waals surface area contributed by atoms with Gasteiger partial charge in [0, 0.05) is 36.4 Å². The molecule has 0 saturated carbocycles. The minimum absolute atomic E-state index is 0.128. The van der Waals surface area contributed by atoms with Crippen LogP contribution in [-0.4, -0.2) is 48.4 Å². The van der Waals surface area contributed by atoms with Crippen molar-refractivity contribution in [1.29, 1.82) is 0 Å². The van der Waals surface area contributed by atoms with Crippen LogP contribution in [0.15, 0.2) is 54.6 Å². The number of fused-ring (bicyclic) bond motifs is 1. The van der Waals surface area contributed by atoms with Gasteiger partial charge in [-0.05, 0) is 42.3 Å². The van der Waals surface area contributed by atoms with E-state index < -0.39 is 18.5 Å². The van der Waals surface area contributed by atoms with Crippen molar-refractivity contribution in [3.8, 4) is 0 Å². The predicted molar refractivity (Wildman–Crippen MR) is 119 cm³/mol. The number of nitrogens with zero attached hydrogens (tertiary/aromatic N) is 2. The quantitative estimate of drug-likeness (QED) is 0.613. The van der Waals surface area contributed by atoms with Crippen LogP contribution in [0.5, 0.6) is 0 Å².